The van der Waals surface area contributed by atoms with E-state index in [-0.39, 0.29) is 6.61 Å². The average Bonchev–Trinajstić information content (AvgIpc) is 2.80. The molecular formula is C27H55O4P. The van der Waals surface area contributed by atoms with E-state index in [9.17, 15) is 4.57 Å². The SMILES string of the molecule is C=CCOP(=O)(OCCCCCCCCCCCC)OCCCCCCCCCCCC. The van der Waals surface area contributed by atoms with Gasteiger partial charge in [-0.25, -0.2) is 4.57 Å². The standard InChI is InChI=1S/C27H55O4P/c1-4-7-9-11-13-15-17-19-21-23-26-30-32(28,29-25-6-3)31-27-24-22-20-18-16-14-12-10-8-5-2/h6H,3-5,7-27H2,1-2H3. The van der Waals surface area contributed by atoms with Crippen LogP contribution in [0.25, 0.3) is 0 Å². The van der Waals surface area contributed by atoms with Gasteiger partial charge in [-0.15, -0.1) is 6.58 Å². The molecule has 0 aliphatic heterocycles. The average molecular weight is 475 g/mol. The van der Waals surface area contributed by atoms with E-state index >= 15 is 0 Å². The molecule has 0 spiro atoms. The molecule has 5 heteroatoms. The van der Waals surface area contributed by atoms with Crippen LogP contribution in [0.4, 0.5) is 0 Å². The fourth-order valence-corrected chi connectivity index (χ4v) is 5.00. The molecule has 4 nitrogen and oxygen atoms in total. The molecule has 0 unspecified atom stereocenters. The van der Waals surface area contributed by atoms with Gasteiger partial charge in [-0.05, 0) is 12.8 Å². The third kappa shape index (κ3) is 23.0. The molecule has 0 amide bonds. The van der Waals surface area contributed by atoms with Crippen LogP contribution < -0.4 is 0 Å². The van der Waals surface area contributed by atoms with Crippen molar-refractivity contribution in [1.82, 2.24) is 0 Å². The lowest BCUT2D eigenvalue weighted by Crippen LogP contribution is -2.03. The summed E-state index contributed by atoms with van der Waals surface area (Å²) >= 11 is 0. The van der Waals surface area contributed by atoms with Crippen molar-refractivity contribution in [2.75, 3.05) is 19.8 Å². The molecule has 0 bridgehead atoms. The van der Waals surface area contributed by atoms with Gasteiger partial charge in [-0.1, -0.05) is 135 Å². The zero-order valence-corrected chi connectivity index (χ0v) is 22.5. The Morgan fingerprint density at radius 3 is 1.16 bits per heavy atom. The Morgan fingerprint density at radius 1 is 0.531 bits per heavy atom. The van der Waals surface area contributed by atoms with Gasteiger partial charge in [-0.2, -0.15) is 0 Å². The van der Waals surface area contributed by atoms with Crippen LogP contribution in [-0.2, 0) is 18.1 Å². The lowest BCUT2D eigenvalue weighted by atomic mass is 10.1. The van der Waals surface area contributed by atoms with E-state index in [4.69, 9.17) is 13.6 Å². The third-order valence-electron chi connectivity index (χ3n) is 5.85. The van der Waals surface area contributed by atoms with Crippen molar-refractivity contribution in [3.8, 4) is 0 Å². The van der Waals surface area contributed by atoms with Crippen molar-refractivity contribution in [1.29, 1.82) is 0 Å². The van der Waals surface area contributed by atoms with E-state index in [0.717, 1.165) is 25.7 Å². The number of hydrogen-bond acceptors (Lipinski definition) is 4. The number of rotatable bonds is 27. The van der Waals surface area contributed by atoms with E-state index in [1.807, 2.05) is 0 Å². The van der Waals surface area contributed by atoms with Crippen molar-refractivity contribution in [2.45, 2.75) is 142 Å². The van der Waals surface area contributed by atoms with E-state index in [2.05, 4.69) is 20.4 Å². The van der Waals surface area contributed by atoms with Gasteiger partial charge in [-0.3, -0.25) is 13.6 Å². The summed E-state index contributed by atoms with van der Waals surface area (Å²) in [6.07, 6.45) is 26.8. The molecule has 0 N–H and O–H groups in total. The second-order valence-corrected chi connectivity index (χ2v) is 10.7. The van der Waals surface area contributed by atoms with E-state index < -0.39 is 7.82 Å². The van der Waals surface area contributed by atoms with Gasteiger partial charge in [0.1, 0.15) is 0 Å². The highest BCUT2D eigenvalue weighted by Gasteiger charge is 2.25. The molecule has 0 radical (unpaired) electrons. The smallest absolute Gasteiger partial charge is 0.287 e. The molecule has 0 aromatic rings. The molecule has 0 fully saturated rings. The molecule has 0 atom stereocenters. The molecule has 0 rings (SSSR count). The Bertz CT molecular complexity index is 398. The summed E-state index contributed by atoms with van der Waals surface area (Å²) in [5.41, 5.74) is 0. The van der Waals surface area contributed by atoms with Crippen LogP contribution in [0.3, 0.4) is 0 Å². The Kier molecular flexibility index (Phi) is 25.4. The zero-order chi connectivity index (χ0) is 23.6. The second-order valence-electron chi connectivity index (χ2n) is 9.06. The summed E-state index contributed by atoms with van der Waals surface area (Å²) in [5.74, 6) is 0. The molecule has 0 heterocycles. The molecule has 0 aromatic heterocycles. The molecular weight excluding hydrogens is 419 g/mol. The second kappa shape index (κ2) is 25.5. The van der Waals surface area contributed by atoms with Gasteiger partial charge in [0.2, 0.25) is 0 Å². The van der Waals surface area contributed by atoms with Crippen molar-refractivity contribution in [2.24, 2.45) is 0 Å². The lowest BCUT2D eigenvalue weighted by molar-refractivity contribution is 0.118. The van der Waals surface area contributed by atoms with Crippen LogP contribution in [0, 0.1) is 0 Å². The van der Waals surface area contributed by atoms with Crippen molar-refractivity contribution in [3.05, 3.63) is 12.7 Å². The lowest BCUT2D eigenvalue weighted by Gasteiger charge is -2.17. The van der Waals surface area contributed by atoms with Crippen LogP contribution in [0.15, 0.2) is 12.7 Å². The summed E-state index contributed by atoms with van der Waals surface area (Å²) in [7, 11) is -3.46. The molecule has 0 aromatic carbocycles. The molecule has 32 heavy (non-hydrogen) atoms. The maximum absolute atomic E-state index is 12.8. The maximum atomic E-state index is 12.8. The first-order chi connectivity index (χ1) is 15.7. The first kappa shape index (κ1) is 31.9. The Balaban J connectivity index is 3.71. The first-order valence-electron chi connectivity index (χ1n) is 13.8. The Morgan fingerprint density at radius 2 is 0.844 bits per heavy atom. The fourth-order valence-electron chi connectivity index (χ4n) is 3.79. The highest BCUT2D eigenvalue weighted by atomic mass is 31.2. The summed E-state index contributed by atoms with van der Waals surface area (Å²) < 4.78 is 29.3. The van der Waals surface area contributed by atoms with Gasteiger partial charge in [0.15, 0.2) is 0 Å². The minimum atomic E-state index is -3.46. The fraction of sp³-hybridized carbons (Fsp3) is 0.926. The minimum Gasteiger partial charge on any atom is -0.287 e. The zero-order valence-electron chi connectivity index (χ0n) is 21.6. The van der Waals surface area contributed by atoms with Gasteiger partial charge in [0.25, 0.3) is 0 Å². The van der Waals surface area contributed by atoms with Crippen LogP contribution in [-0.4, -0.2) is 19.8 Å². The highest BCUT2D eigenvalue weighted by molar-refractivity contribution is 7.48. The van der Waals surface area contributed by atoms with Crippen molar-refractivity contribution < 1.29 is 18.1 Å². The summed E-state index contributed by atoms with van der Waals surface area (Å²) in [6, 6.07) is 0. The normalized spacial score (nSPS) is 11.8. The highest BCUT2D eigenvalue weighted by Crippen LogP contribution is 2.49. The van der Waals surface area contributed by atoms with Crippen molar-refractivity contribution in [3.63, 3.8) is 0 Å². The van der Waals surface area contributed by atoms with Gasteiger partial charge < -0.3 is 0 Å². The predicted octanol–water partition coefficient (Wildman–Crippen LogP) is 10.2. The van der Waals surface area contributed by atoms with Crippen LogP contribution in [0.5, 0.6) is 0 Å². The van der Waals surface area contributed by atoms with Crippen LogP contribution in [0.1, 0.15) is 142 Å². The van der Waals surface area contributed by atoms with Crippen LogP contribution in [0.2, 0.25) is 0 Å². The maximum Gasteiger partial charge on any atom is 0.475 e. The van der Waals surface area contributed by atoms with Gasteiger partial charge in [0, 0.05) is 0 Å². The largest absolute Gasteiger partial charge is 0.475 e. The van der Waals surface area contributed by atoms with Gasteiger partial charge in [0.05, 0.1) is 19.8 Å². The van der Waals surface area contributed by atoms with Crippen molar-refractivity contribution >= 4 is 7.82 Å². The number of hydrogen-bond donors (Lipinski definition) is 0. The molecule has 0 saturated heterocycles. The Hall–Kier alpha value is -0.150. The predicted molar refractivity (Wildman–Crippen MR) is 139 cm³/mol. The molecule has 0 saturated carbocycles. The summed E-state index contributed by atoms with van der Waals surface area (Å²) in [5, 5.41) is 0. The number of phosphoric ester groups is 1. The van der Waals surface area contributed by atoms with E-state index in [0.29, 0.717) is 13.2 Å². The third-order valence-corrected chi connectivity index (χ3v) is 7.31. The number of unbranched alkanes of at least 4 members (excludes halogenated alkanes) is 18. The van der Waals surface area contributed by atoms with E-state index in [1.165, 1.54) is 103 Å². The first-order valence-corrected chi connectivity index (χ1v) is 15.3. The summed E-state index contributed by atoms with van der Waals surface area (Å²) in [6.45, 7) is 9.20. The summed E-state index contributed by atoms with van der Waals surface area (Å²) in [4.78, 5) is 0. The minimum absolute atomic E-state index is 0.188. The monoisotopic (exact) mass is 474 g/mol. The van der Waals surface area contributed by atoms with Gasteiger partial charge >= 0.3 is 7.82 Å². The quantitative estimate of drug-likeness (QED) is 0.0674. The molecule has 192 valence electrons. The molecule has 0 aliphatic carbocycles. The molecule has 0 aliphatic rings. The topological polar surface area (TPSA) is 44.8 Å². The number of phosphoric acid groups is 1. The van der Waals surface area contributed by atoms with Crippen LogP contribution >= 0.6 is 7.82 Å². The Labute approximate surface area is 200 Å². The van der Waals surface area contributed by atoms with E-state index in [1.54, 1.807) is 6.08 Å².